The SMILES string of the molecule is CCCNC1CC2=CC(=O)O[C@]2(C)[C@H]2CCCCN2C1. The largest absolute Gasteiger partial charge is 0.450 e. The van der Waals surface area contributed by atoms with Crippen molar-refractivity contribution in [1.29, 1.82) is 0 Å². The fourth-order valence-electron chi connectivity index (χ4n) is 4.06. The van der Waals surface area contributed by atoms with Crippen LogP contribution >= 0.6 is 0 Å². The Hall–Kier alpha value is -0.870. The Kier molecular flexibility index (Phi) is 3.87. The quantitative estimate of drug-likeness (QED) is 0.800. The average Bonchev–Trinajstić information content (AvgIpc) is 2.66. The highest BCUT2D eigenvalue weighted by atomic mass is 16.6. The van der Waals surface area contributed by atoms with Crippen LogP contribution in [0.15, 0.2) is 11.6 Å². The highest BCUT2D eigenvalue weighted by molar-refractivity contribution is 5.87. The summed E-state index contributed by atoms with van der Waals surface area (Å²) in [6.07, 6.45) is 7.48. The van der Waals surface area contributed by atoms with Gasteiger partial charge in [0.25, 0.3) is 0 Å². The molecule has 0 aromatic heterocycles. The summed E-state index contributed by atoms with van der Waals surface area (Å²) < 4.78 is 5.75. The van der Waals surface area contributed by atoms with Gasteiger partial charge in [-0.25, -0.2) is 4.79 Å². The number of hydrogen-bond acceptors (Lipinski definition) is 4. The first-order valence-corrected chi connectivity index (χ1v) is 8.05. The van der Waals surface area contributed by atoms with E-state index in [0.29, 0.717) is 12.1 Å². The number of nitrogens with one attached hydrogen (secondary N) is 1. The molecule has 0 aromatic carbocycles. The number of carbonyl (C=O) groups is 1. The third-order valence-electron chi connectivity index (χ3n) is 5.10. The second kappa shape index (κ2) is 5.49. The molecule has 112 valence electrons. The number of carbonyl (C=O) groups excluding carboxylic acids is 1. The summed E-state index contributed by atoms with van der Waals surface area (Å²) in [6.45, 7) is 7.57. The summed E-state index contributed by atoms with van der Waals surface area (Å²) in [4.78, 5) is 14.3. The lowest BCUT2D eigenvalue weighted by Gasteiger charge is -2.43. The summed E-state index contributed by atoms with van der Waals surface area (Å²) in [5, 5.41) is 3.64. The van der Waals surface area contributed by atoms with E-state index in [0.717, 1.165) is 38.9 Å². The van der Waals surface area contributed by atoms with Gasteiger partial charge in [-0.1, -0.05) is 13.3 Å². The van der Waals surface area contributed by atoms with Gasteiger partial charge in [0.15, 0.2) is 0 Å². The molecule has 0 aromatic rings. The zero-order chi connectivity index (χ0) is 14.2. The lowest BCUT2D eigenvalue weighted by Crippen LogP contribution is -2.54. The minimum Gasteiger partial charge on any atom is -0.450 e. The van der Waals surface area contributed by atoms with Crippen molar-refractivity contribution in [3.05, 3.63) is 11.6 Å². The summed E-state index contributed by atoms with van der Waals surface area (Å²) in [7, 11) is 0. The van der Waals surface area contributed by atoms with Crippen LogP contribution in [0.4, 0.5) is 0 Å². The maximum Gasteiger partial charge on any atom is 0.331 e. The van der Waals surface area contributed by atoms with Crippen molar-refractivity contribution in [2.45, 2.75) is 63.6 Å². The van der Waals surface area contributed by atoms with E-state index in [4.69, 9.17) is 4.74 Å². The average molecular weight is 278 g/mol. The Morgan fingerprint density at radius 1 is 1.50 bits per heavy atom. The van der Waals surface area contributed by atoms with Crippen molar-refractivity contribution in [3.63, 3.8) is 0 Å². The molecule has 0 saturated carbocycles. The summed E-state index contributed by atoms with van der Waals surface area (Å²) in [5.41, 5.74) is 0.811. The fourth-order valence-corrected chi connectivity index (χ4v) is 4.06. The van der Waals surface area contributed by atoms with E-state index in [1.165, 1.54) is 18.4 Å². The number of nitrogens with zero attached hydrogens (tertiary/aromatic N) is 1. The molecule has 0 radical (unpaired) electrons. The lowest BCUT2D eigenvalue weighted by molar-refractivity contribution is -0.150. The van der Waals surface area contributed by atoms with E-state index in [2.05, 4.69) is 24.1 Å². The minimum absolute atomic E-state index is 0.149. The maximum atomic E-state index is 11.8. The molecule has 0 bridgehead atoms. The fraction of sp³-hybridized carbons (Fsp3) is 0.812. The number of ether oxygens (including phenoxy) is 1. The Morgan fingerprint density at radius 2 is 2.35 bits per heavy atom. The predicted octanol–water partition coefficient (Wildman–Crippen LogP) is 1.85. The zero-order valence-corrected chi connectivity index (χ0v) is 12.7. The molecule has 20 heavy (non-hydrogen) atoms. The Labute approximate surface area is 121 Å². The summed E-state index contributed by atoms with van der Waals surface area (Å²) >= 11 is 0. The molecule has 4 heteroatoms. The highest BCUT2D eigenvalue weighted by Crippen LogP contribution is 2.42. The standard InChI is InChI=1S/C16H26N2O2/c1-3-7-17-13-9-12-10-15(19)20-16(12,2)14-6-4-5-8-18(14)11-13/h10,13-14,17H,3-9,11H2,1-2H3/t13?,14-,16+/m1/s1. The first-order chi connectivity index (χ1) is 9.63. The first-order valence-electron chi connectivity index (χ1n) is 8.05. The van der Waals surface area contributed by atoms with Gasteiger partial charge < -0.3 is 10.1 Å². The van der Waals surface area contributed by atoms with Crippen molar-refractivity contribution < 1.29 is 9.53 Å². The van der Waals surface area contributed by atoms with Gasteiger partial charge in [0.2, 0.25) is 0 Å². The van der Waals surface area contributed by atoms with Crippen molar-refractivity contribution in [1.82, 2.24) is 10.2 Å². The molecule has 3 rings (SSSR count). The molecule has 3 aliphatic heterocycles. The molecule has 2 saturated heterocycles. The van der Waals surface area contributed by atoms with Crippen LogP contribution in [-0.4, -0.2) is 48.2 Å². The van der Waals surface area contributed by atoms with Gasteiger partial charge in [-0.3, -0.25) is 4.90 Å². The van der Waals surface area contributed by atoms with Gasteiger partial charge in [0.05, 0.1) is 6.04 Å². The second-order valence-corrected chi connectivity index (χ2v) is 6.56. The van der Waals surface area contributed by atoms with Crippen LogP contribution < -0.4 is 5.32 Å². The van der Waals surface area contributed by atoms with Gasteiger partial charge in [-0.05, 0) is 51.3 Å². The number of esters is 1. The van der Waals surface area contributed by atoms with Gasteiger partial charge in [-0.2, -0.15) is 0 Å². The topological polar surface area (TPSA) is 41.6 Å². The van der Waals surface area contributed by atoms with E-state index >= 15 is 0 Å². The predicted molar refractivity (Wildman–Crippen MR) is 78.5 cm³/mol. The monoisotopic (exact) mass is 278 g/mol. The Bertz CT molecular complexity index is 421. The van der Waals surface area contributed by atoms with Gasteiger partial charge in [0, 0.05) is 18.7 Å². The van der Waals surface area contributed by atoms with E-state index < -0.39 is 0 Å². The molecule has 3 heterocycles. The van der Waals surface area contributed by atoms with Crippen LogP contribution in [0.2, 0.25) is 0 Å². The maximum absolute atomic E-state index is 11.8. The van der Waals surface area contributed by atoms with Crippen LogP contribution in [0.25, 0.3) is 0 Å². The molecule has 0 spiro atoms. The number of piperidine rings is 1. The lowest BCUT2D eigenvalue weighted by atomic mass is 9.82. The van der Waals surface area contributed by atoms with Crippen molar-refractivity contribution in [2.24, 2.45) is 0 Å². The molecule has 4 nitrogen and oxygen atoms in total. The molecule has 0 amide bonds. The molecule has 1 unspecified atom stereocenters. The van der Waals surface area contributed by atoms with Gasteiger partial charge in [-0.15, -0.1) is 0 Å². The number of hydrogen-bond donors (Lipinski definition) is 1. The van der Waals surface area contributed by atoms with Crippen LogP contribution in [0.1, 0.15) is 46.0 Å². The van der Waals surface area contributed by atoms with Crippen LogP contribution in [0.3, 0.4) is 0 Å². The minimum atomic E-state index is -0.389. The smallest absolute Gasteiger partial charge is 0.331 e. The Balaban J connectivity index is 1.87. The molecular weight excluding hydrogens is 252 g/mol. The van der Waals surface area contributed by atoms with E-state index in [1.807, 2.05) is 0 Å². The van der Waals surface area contributed by atoms with Crippen molar-refractivity contribution >= 4 is 5.97 Å². The summed E-state index contributed by atoms with van der Waals surface area (Å²) in [5.74, 6) is -0.149. The zero-order valence-electron chi connectivity index (χ0n) is 12.7. The van der Waals surface area contributed by atoms with Crippen LogP contribution in [-0.2, 0) is 9.53 Å². The van der Waals surface area contributed by atoms with Crippen LogP contribution in [0, 0.1) is 0 Å². The van der Waals surface area contributed by atoms with E-state index in [1.54, 1.807) is 6.08 Å². The first kappa shape index (κ1) is 14.1. The van der Waals surface area contributed by atoms with Crippen molar-refractivity contribution in [3.8, 4) is 0 Å². The molecular formula is C16H26N2O2. The number of rotatable bonds is 3. The number of fused-ring (bicyclic) bond motifs is 3. The normalized spacial score (nSPS) is 37.7. The summed E-state index contributed by atoms with van der Waals surface area (Å²) in [6, 6.07) is 0.806. The molecule has 1 N–H and O–H groups in total. The third kappa shape index (κ3) is 2.40. The third-order valence-corrected chi connectivity index (χ3v) is 5.10. The van der Waals surface area contributed by atoms with E-state index in [9.17, 15) is 4.79 Å². The van der Waals surface area contributed by atoms with Crippen molar-refractivity contribution in [2.75, 3.05) is 19.6 Å². The molecule has 0 aliphatic carbocycles. The van der Waals surface area contributed by atoms with Gasteiger partial charge in [0.1, 0.15) is 5.60 Å². The van der Waals surface area contributed by atoms with Crippen LogP contribution in [0.5, 0.6) is 0 Å². The van der Waals surface area contributed by atoms with E-state index in [-0.39, 0.29) is 11.6 Å². The van der Waals surface area contributed by atoms with Gasteiger partial charge >= 0.3 is 5.97 Å². The Morgan fingerprint density at radius 3 is 3.15 bits per heavy atom. The molecule has 3 aliphatic rings. The molecule has 2 fully saturated rings. The highest BCUT2D eigenvalue weighted by Gasteiger charge is 2.50. The second-order valence-electron chi connectivity index (χ2n) is 6.56. The molecule has 3 atom stereocenters.